The van der Waals surface area contributed by atoms with Crippen LogP contribution in [0, 0.1) is 0 Å². The summed E-state index contributed by atoms with van der Waals surface area (Å²) in [5.74, 6) is 4.70. The van der Waals surface area contributed by atoms with Crippen molar-refractivity contribution in [3.63, 3.8) is 0 Å². The number of hydrogen-bond acceptors (Lipinski definition) is 2. The highest BCUT2D eigenvalue weighted by Gasteiger charge is 2.11. The fourth-order valence-electron chi connectivity index (χ4n) is 0.626. The van der Waals surface area contributed by atoms with Crippen molar-refractivity contribution in [2.24, 2.45) is 0 Å². The van der Waals surface area contributed by atoms with Crippen LogP contribution in [0.3, 0.4) is 0 Å². The van der Waals surface area contributed by atoms with Crippen molar-refractivity contribution >= 4 is 35.1 Å². The molecule has 3 heteroatoms. The molecule has 1 aliphatic rings. The molecule has 0 nitrogen and oxygen atoms in total. The van der Waals surface area contributed by atoms with Crippen LogP contribution in [-0.2, 0) is 0 Å². The average molecular weight is 169 g/mol. The van der Waals surface area contributed by atoms with Gasteiger partial charge in [0, 0.05) is 28.4 Å². The molecule has 0 spiro atoms. The molecule has 0 aromatic rings. The van der Waals surface area contributed by atoms with Gasteiger partial charge in [-0.3, -0.25) is 0 Å². The van der Waals surface area contributed by atoms with Crippen LogP contribution < -0.4 is 0 Å². The molecule has 0 aromatic heterocycles. The highest BCUT2D eigenvalue weighted by atomic mass is 35.5. The summed E-state index contributed by atoms with van der Waals surface area (Å²) in [7, 11) is 0. The molecule has 0 radical (unpaired) electrons. The van der Waals surface area contributed by atoms with Gasteiger partial charge in [-0.15, -0.1) is 11.6 Å². The van der Waals surface area contributed by atoms with Crippen LogP contribution in [0.1, 0.15) is 0 Å². The molecule has 1 fully saturated rings. The average Bonchev–Trinajstić information content (AvgIpc) is 1.90. The van der Waals surface area contributed by atoms with E-state index in [0.29, 0.717) is 0 Å². The van der Waals surface area contributed by atoms with Crippen molar-refractivity contribution in [3.8, 4) is 0 Å². The Bertz CT molecular complexity index is 61.4. The molecule has 0 aromatic carbocycles. The van der Waals surface area contributed by atoms with Crippen LogP contribution in [0.2, 0.25) is 0 Å². The quantitative estimate of drug-likeness (QED) is 0.550. The Labute approximate surface area is 63.7 Å². The summed E-state index contributed by atoms with van der Waals surface area (Å²) in [6, 6.07) is 0. The van der Waals surface area contributed by atoms with Gasteiger partial charge in [-0.2, -0.15) is 23.5 Å². The monoisotopic (exact) mass is 168 g/mol. The van der Waals surface area contributed by atoms with E-state index < -0.39 is 0 Å². The summed E-state index contributed by atoms with van der Waals surface area (Å²) in [5.41, 5.74) is 0. The molecule has 1 heterocycles. The summed E-state index contributed by atoms with van der Waals surface area (Å²) in [5, 5.41) is 0.732. The summed E-state index contributed by atoms with van der Waals surface area (Å²) in [6.45, 7) is 0. The van der Waals surface area contributed by atoms with Crippen LogP contribution in [0.4, 0.5) is 0 Å². The van der Waals surface area contributed by atoms with E-state index in [-0.39, 0.29) is 0 Å². The highest BCUT2D eigenvalue weighted by Crippen LogP contribution is 2.24. The maximum absolute atomic E-state index is 5.65. The molecule has 0 bridgehead atoms. The van der Waals surface area contributed by atoms with Crippen LogP contribution in [0.25, 0.3) is 0 Å². The van der Waals surface area contributed by atoms with Gasteiger partial charge in [-0.25, -0.2) is 0 Å². The van der Waals surface area contributed by atoms with Gasteiger partial charge >= 0.3 is 0 Å². The summed E-state index contributed by atoms with van der Waals surface area (Å²) in [6.07, 6.45) is 0. The lowest BCUT2D eigenvalue weighted by molar-refractivity contribution is 1.12. The van der Waals surface area contributed by atoms with Gasteiger partial charge in [0.15, 0.2) is 0 Å². The topological polar surface area (TPSA) is 0 Å². The van der Waals surface area contributed by atoms with Crippen LogP contribution in [0.15, 0.2) is 0 Å². The molecular formula is C5H9ClS2. The molecule has 0 saturated carbocycles. The van der Waals surface area contributed by atoms with Crippen molar-refractivity contribution in [1.82, 2.24) is 0 Å². The molecule has 0 N–H and O–H groups in total. The number of thioether (sulfide) groups is 2. The Balaban J connectivity index is 2.13. The molecule has 48 valence electrons. The fourth-order valence-corrected chi connectivity index (χ4v) is 3.63. The smallest absolute Gasteiger partial charge is 0.0350 e. The minimum atomic E-state index is 0.732. The fraction of sp³-hybridized carbons (Fsp3) is 1.00. The zero-order valence-corrected chi connectivity index (χ0v) is 6.99. The SMILES string of the molecule is ClCC1CSCCS1. The van der Waals surface area contributed by atoms with E-state index >= 15 is 0 Å². The molecule has 1 unspecified atom stereocenters. The first-order valence-electron chi connectivity index (χ1n) is 2.69. The van der Waals surface area contributed by atoms with Gasteiger partial charge < -0.3 is 0 Å². The lowest BCUT2D eigenvalue weighted by Gasteiger charge is -2.17. The van der Waals surface area contributed by atoms with E-state index in [9.17, 15) is 0 Å². The van der Waals surface area contributed by atoms with E-state index in [4.69, 9.17) is 11.6 Å². The second-order valence-electron chi connectivity index (χ2n) is 1.72. The van der Waals surface area contributed by atoms with Crippen molar-refractivity contribution in [3.05, 3.63) is 0 Å². The number of hydrogen-bond donors (Lipinski definition) is 0. The summed E-state index contributed by atoms with van der Waals surface area (Å²) in [4.78, 5) is 0. The second-order valence-corrected chi connectivity index (χ2v) is 4.59. The first-order chi connectivity index (χ1) is 3.93. The van der Waals surface area contributed by atoms with Crippen molar-refractivity contribution < 1.29 is 0 Å². The lowest BCUT2D eigenvalue weighted by Crippen LogP contribution is -2.14. The molecule has 1 saturated heterocycles. The molecule has 1 atom stereocenters. The minimum absolute atomic E-state index is 0.732. The first kappa shape index (κ1) is 7.10. The van der Waals surface area contributed by atoms with Gasteiger partial charge in [0.05, 0.1) is 0 Å². The Morgan fingerprint density at radius 3 is 2.75 bits per heavy atom. The lowest BCUT2D eigenvalue weighted by atomic mass is 10.5. The molecule has 8 heavy (non-hydrogen) atoms. The third kappa shape index (κ3) is 2.08. The van der Waals surface area contributed by atoms with E-state index in [1.165, 1.54) is 17.3 Å². The minimum Gasteiger partial charge on any atom is -0.160 e. The number of halogens is 1. The highest BCUT2D eigenvalue weighted by molar-refractivity contribution is 8.06. The number of rotatable bonds is 1. The van der Waals surface area contributed by atoms with Crippen molar-refractivity contribution in [2.45, 2.75) is 5.25 Å². The Morgan fingerprint density at radius 2 is 2.38 bits per heavy atom. The predicted molar refractivity (Wildman–Crippen MR) is 44.3 cm³/mol. The van der Waals surface area contributed by atoms with Crippen LogP contribution in [-0.4, -0.2) is 28.4 Å². The molecule has 0 aliphatic carbocycles. The van der Waals surface area contributed by atoms with E-state index in [2.05, 4.69) is 0 Å². The van der Waals surface area contributed by atoms with Gasteiger partial charge in [0.2, 0.25) is 0 Å². The molecular weight excluding hydrogens is 160 g/mol. The van der Waals surface area contributed by atoms with Gasteiger partial charge in [-0.05, 0) is 0 Å². The maximum Gasteiger partial charge on any atom is 0.0350 e. The van der Waals surface area contributed by atoms with E-state index in [1.807, 2.05) is 23.5 Å². The van der Waals surface area contributed by atoms with Gasteiger partial charge in [-0.1, -0.05) is 0 Å². The zero-order chi connectivity index (χ0) is 5.82. The standard InChI is InChI=1S/C5H9ClS2/c6-3-5-4-7-1-2-8-5/h5H,1-4H2. The zero-order valence-electron chi connectivity index (χ0n) is 4.60. The first-order valence-corrected chi connectivity index (χ1v) is 5.42. The van der Waals surface area contributed by atoms with E-state index in [0.717, 1.165) is 11.1 Å². The Kier molecular flexibility index (Phi) is 3.47. The summed E-state index contributed by atoms with van der Waals surface area (Å²) >= 11 is 9.68. The third-order valence-electron chi connectivity index (χ3n) is 1.06. The van der Waals surface area contributed by atoms with Crippen LogP contribution in [0.5, 0.6) is 0 Å². The normalized spacial score (nSPS) is 30.4. The van der Waals surface area contributed by atoms with Gasteiger partial charge in [0.25, 0.3) is 0 Å². The maximum atomic E-state index is 5.65. The third-order valence-corrected chi connectivity index (χ3v) is 4.46. The van der Waals surface area contributed by atoms with Crippen LogP contribution >= 0.6 is 35.1 Å². The largest absolute Gasteiger partial charge is 0.160 e. The molecule has 1 aliphatic heterocycles. The van der Waals surface area contributed by atoms with E-state index in [1.54, 1.807) is 0 Å². The predicted octanol–water partition coefficient (Wildman–Crippen LogP) is 2.07. The Hall–Kier alpha value is 0.990. The van der Waals surface area contributed by atoms with Crippen molar-refractivity contribution in [1.29, 1.82) is 0 Å². The number of alkyl halides is 1. The van der Waals surface area contributed by atoms with Crippen molar-refractivity contribution in [2.75, 3.05) is 23.1 Å². The Morgan fingerprint density at radius 1 is 1.50 bits per heavy atom. The summed E-state index contributed by atoms with van der Waals surface area (Å²) < 4.78 is 0. The molecule has 0 amide bonds. The second kappa shape index (κ2) is 3.91. The molecule has 1 rings (SSSR count). The van der Waals surface area contributed by atoms with Gasteiger partial charge in [0.1, 0.15) is 0 Å².